The number of anilines is 1. The Morgan fingerprint density at radius 1 is 1.04 bits per heavy atom. The third kappa shape index (κ3) is 6.52. The third-order valence-electron chi connectivity index (χ3n) is 9.62. The average molecular weight is 725 g/mol. The molecule has 5 heterocycles. The van der Waals surface area contributed by atoms with Crippen molar-refractivity contribution in [1.82, 2.24) is 29.9 Å². The Labute approximate surface area is 296 Å². The van der Waals surface area contributed by atoms with Gasteiger partial charge in [0.15, 0.2) is 11.6 Å². The first kappa shape index (κ1) is 33.9. The number of amides is 3. The van der Waals surface area contributed by atoms with E-state index in [0.717, 1.165) is 24.0 Å². The van der Waals surface area contributed by atoms with Gasteiger partial charge in [0.1, 0.15) is 23.8 Å². The molecule has 3 aliphatic rings. The summed E-state index contributed by atoms with van der Waals surface area (Å²) >= 11 is 12.5. The van der Waals surface area contributed by atoms with Gasteiger partial charge >= 0.3 is 0 Å². The van der Waals surface area contributed by atoms with Gasteiger partial charge in [-0.3, -0.25) is 29.3 Å². The van der Waals surface area contributed by atoms with Crippen LogP contribution >= 0.6 is 23.2 Å². The molecule has 2 saturated heterocycles. The van der Waals surface area contributed by atoms with Crippen molar-refractivity contribution in [3.8, 4) is 16.9 Å². The molecule has 2 fully saturated rings. The number of hydrogen-bond acceptors (Lipinski definition) is 8. The number of imide groups is 1. The molecule has 0 bridgehead atoms. The van der Waals surface area contributed by atoms with Crippen LogP contribution in [-0.4, -0.2) is 61.4 Å². The van der Waals surface area contributed by atoms with Crippen molar-refractivity contribution in [3.63, 3.8) is 0 Å². The highest BCUT2D eigenvalue weighted by Gasteiger charge is 2.39. The molecule has 3 amide bonds. The zero-order valence-electron chi connectivity index (χ0n) is 27.0. The normalized spacial score (nSPS) is 19.1. The largest absolute Gasteiger partial charge is 0.482 e. The van der Waals surface area contributed by atoms with Crippen molar-refractivity contribution >= 4 is 46.7 Å². The topological polar surface area (TPSA) is 136 Å². The fraction of sp³-hybridized carbons (Fsp3) is 0.343. The molecule has 2 aromatic carbocycles. The zero-order chi connectivity index (χ0) is 35.3. The highest BCUT2D eigenvalue weighted by Crippen LogP contribution is 2.37. The van der Waals surface area contributed by atoms with Crippen LogP contribution in [0.4, 0.5) is 14.6 Å². The highest BCUT2D eigenvalue weighted by atomic mass is 35.5. The molecular formula is C35H33Cl2F2N7O4. The van der Waals surface area contributed by atoms with E-state index in [-0.39, 0.29) is 52.8 Å². The minimum atomic E-state index is -0.748. The Morgan fingerprint density at radius 3 is 2.58 bits per heavy atom. The number of nitrogen functional groups attached to an aromatic ring is 1. The third-order valence-corrected chi connectivity index (χ3v) is 10.3. The fourth-order valence-electron chi connectivity index (χ4n) is 6.90. The van der Waals surface area contributed by atoms with Crippen LogP contribution in [0.15, 0.2) is 48.9 Å². The number of halogens is 4. The van der Waals surface area contributed by atoms with Crippen molar-refractivity contribution < 1.29 is 27.9 Å². The zero-order valence-corrected chi connectivity index (χ0v) is 28.5. The quantitative estimate of drug-likeness (QED) is 0.171. The number of pyridine rings is 1. The minimum Gasteiger partial charge on any atom is -0.482 e. The molecule has 4 aromatic rings. The summed E-state index contributed by atoms with van der Waals surface area (Å²) in [5.74, 6) is -1.87. The second kappa shape index (κ2) is 13.6. The number of carbonyl (C=O) groups is 3. The van der Waals surface area contributed by atoms with Crippen LogP contribution in [0.25, 0.3) is 11.1 Å². The molecule has 0 spiro atoms. The summed E-state index contributed by atoms with van der Waals surface area (Å²) in [6.07, 6.45) is 6.58. The van der Waals surface area contributed by atoms with Crippen LogP contribution in [0, 0.1) is 11.6 Å². The van der Waals surface area contributed by atoms with Gasteiger partial charge in [0.25, 0.3) is 5.91 Å². The predicted octanol–water partition coefficient (Wildman–Crippen LogP) is 5.85. The van der Waals surface area contributed by atoms with E-state index >= 15 is 4.39 Å². The van der Waals surface area contributed by atoms with Crippen molar-refractivity contribution in [2.24, 2.45) is 0 Å². The molecule has 1 unspecified atom stereocenters. The summed E-state index contributed by atoms with van der Waals surface area (Å²) in [5, 5.41) is 7.05. The number of nitrogens with two attached hydrogens (primary N) is 1. The lowest BCUT2D eigenvalue weighted by Gasteiger charge is -2.32. The maximum absolute atomic E-state index is 15.3. The first-order valence-corrected chi connectivity index (χ1v) is 17.0. The van der Waals surface area contributed by atoms with Gasteiger partial charge in [-0.15, -0.1) is 0 Å². The number of piperidine rings is 2. The second-order valence-corrected chi connectivity index (χ2v) is 13.6. The number of benzene rings is 2. The van der Waals surface area contributed by atoms with E-state index in [4.69, 9.17) is 33.7 Å². The SMILES string of the molecule is C[C@@H](Oc1cc(-c2cnn(C3CCN(Cc4cc5c(cc4F)C(=O)N(C4CCC(=O)NC4=O)C5)CC3)c2)cnc1N)c1c(Cl)ccc(F)c1Cl. The molecule has 260 valence electrons. The molecule has 11 nitrogen and oxygen atoms in total. The van der Waals surface area contributed by atoms with Gasteiger partial charge in [-0.1, -0.05) is 23.2 Å². The average Bonchev–Trinajstić information content (AvgIpc) is 3.70. The molecule has 3 aliphatic heterocycles. The van der Waals surface area contributed by atoms with Crippen LogP contribution in [-0.2, 0) is 22.7 Å². The number of carbonyl (C=O) groups excluding carboxylic acids is 3. The van der Waals surface area contributed by atoms with Gasteiger partial charge in [-0.05, 0) is 62.1 Å². The van der Waals surface area contributed by atoms with Crippen LogP contribution in [0.3, 0.4) is 0 Å². The first-order chi connectivity index (χ1) is 24.0. The molecule has 2 aromatic heterocycles. The Morgan fingerprint density at radius 2 is 1.82 bits per heavy atom. The van der Waals surface area contributed by atoms with Crippen molar-refractivity contribution in [2.45, 2.75) is 63.9 Å². The highest BCUT2D eigenvalue weighted by molar-refractivity contribution is 6.36. The summed E-state index contributed by atoms with van der Waals surface area (Å²) in [6, 6.07) is 6.72. The maximum Gasteiger partial charge on any atom is 0.255 e. The maximum atomic E-state index is 15.3. The van der Waals surface area contributed by atoms with Crippen LogP contribution in [0.2, 0.25) is 10.0 Å². The van der Waals surface area contributed by atoms with Gasteiger partial charge in [-0.25, -0.2) is 13.8 Å². The molecule has 15 heteroatoms. The number of aromatic nitrogens is 3. The van der Waals surface area contributed by atoms with Crippen LogP contribution < -0.4 is 15.8 Å². The van der Waals surface area contributed by atoms with E-state index in [9.17, 15) is 18.8 Å². The lowest BCUT2D eigenvalue weighted by Crippen LogP contribution is -2.52. The molecular weight excluding hydrogens is 691 g/mol. The molecule has 0 radical (unpaired) electrons. The summed E-state index contributed by atoms with van der Waals surface area (Å²) < 4.78 is 37.3. The molecule has 7 rings (SSSR count). The number of fused-ring (bicyclic) bond motifs is 1. The molecule has 2 atom stereocenters. The first-order valence-electron chi connectivity index (χ1n) is 16.2. The number of hydrogen-bond donors (Lipinski definition) is 2. The number of ether oxygens (including phenoxy) is 1. The standard InChI is InChI=1S/C35H33Cl2F2N7O4/c1-18(31-25(36)2-3-26(38)32(31)37)50-29-11-19(13-41-33(29)40)22-14-42-46(17-22)23-6-8-44(9-7-23)15-21-10-20-16-45(35(49)24(20)12-27(21)39)28-4-5-30(47)43-34(28)48/h2-3,10-14,17-18,23,28H,4-9,15-16H2,1H3,(H2,40,41)(H,43,47,48)/t18-,28?/m1/s1. The van der Waals surface area contributed by atoms with Crippen LogP contribution in [0.1, 0.15) is 71.8 Å². The predicted molar refractivity (Wildman–Crippen MR) is 181 cm³/mol. The van der Waals surface area contributed by atoms with Gasteiger partial charge in [-0.2, -0.15) is 5.10 Å². The lowest BCUT2D eigenvalue weighted by atomic mass is 10.0. The van der Waals surface area contributed by atoms with Crippen molar-refractivity contribution in [1.29, 1.82) is 0 Å². The van der Waals surface area contributed by atoms with Gasteiger partial charge in [0.05, 0.1) is 17.3 Å². The molecule has 50 heavy (non-hydrogen) atoms. The van der Waals surface area contributed by atoms with Crippen molar-refractivity contribution in [3.05, 3.63) is 92.9 Å². The Kier molecular flexibility index (Phi) is 9.22. The van der Waals surface area contributed by atoms with E-state index in [1.54, 1.807) is 31.5 Å². The number of nitrogens with zero attached hydrogens (tertiary/aromatic N) is 5. The summed E-state index contributed by atoms with van der Waals surface area (Å²) in [6.45, 7) is 3.70. The number of nitrogens with one attached hydrogen (secondary N) is 1. The summed E-state index contributed by atoms with van der Waals surface area (Å²) in [7, 11) is 0. The Balaban J connectivity index is 0.978. The summed E-state index contributed by atoms with van der Waals surface area (Å²) in [5.41, 5.74) is 9.38. The lowest BCUT2D eigenvalue weighted by molar-refractivity contribution is -0.136. The Bertz CT molecular complexity index is 2020. The number of rotatable bonds is 8. The van der Waals surface area contributed by atoms with Gasteiger partial charge < -0.3 is 15.4 Å². The monoisotopic (exact) mass is 723 g/mol. The van der Waals surface area contributed by atoms with Crippen molar-refractivity contribution in [2.75, 3.05) is 18.8 Å². The number of likely N-dealkylation sites (tertiary alicyclic amines) is 1. The van der Waals surface area contributed by atoms with E-state index in [0.29, 0.717) is 42.1 Å². The summed E-state index contributed by atoms with van der Waals surface area (Å²) in [4.78, 5) is 44.9. The van der Waals surface area contributed by atoms with Gasteiger partial charge in [0.2, 0.25) is 11.8 Å². The van der Waals surface area contributed by atoms with E-state index in [1.807, 2.05) is 10.9 Å². The second-order valence-electron chi connectivity index (χ2n) is 12.8. The Hall–Kier alpha value is -4.59. The molecule has 3 N–H and O–H groups in total. The van der Waals surface area contributed by atoms with E-state index < -0.39 is 35.6 Å². The van der Waals surface area contributed by atoms with E-state index in [1.165, 1.54) is 23.1 Å². The van der Waals surface area contributed by atoms with E-state index in [2.05, 4.69) is 20.3 Å². The van der Waals surface area contributed by atoms with Gasteiger partial charge in [0, 0.05) is 77.8 Å². The molecule has 0 saturated carbocycles. The van der Waals surface area contributed by atoms with Crippen LogP contribution in [0.5, 0.6) is 5.75 Å². The smallest absolute Gasteiger partial charge is 0.255 e. The fourth-order valence-corrected chi connectivity index (χ4v) is 7.58. The minimum absolute atomic E-state index is 0.118. The molecule has 0 aliphatic carbocycles.